The average molecular weight is 312 g/mol. The minimum atomic E-state index is 0.113. The highest BCUT2D eigenvalue weighted by molar-refractivity contribution is 6.17. The lowest BCUT2D eigenvalue weighted by Gasteiger charge is -2.20. The Kier molecular flexibility index (Phi) is 7.03. The van der Waals surface area contributed by atoms with Crippen molar-refractivity contribution in [3.05, 3.63) is 29.8 Å². The summed E-state index contributed by atoms with van der Waals surface area (Å²) in [5.41, 5.74) is 1.43. The van der Waals surface area contributed by atoms with Crippen molar-refractivity contribution in [2.75, 3.05) is 26.1 Å². The van der Waals surface area contributed by atoms with E-state index in [1.54, 1.807) is 11.9 Å². The van der Waals surface area contributed by atoms with Crippen molar-refractivity contribution >= 4 is 17.5 Å². The predicted octanol–water partition coefficient (Wildman–Crippen LogP) is 3.84. The molecule has 0 aliphatic carbocycles. The molecule has 0 radical (unpaired) electrons. The van der Waals surface area contributed by atoms with Gasteiger partial charge >= 0.3 is 0 Å². The molecule has 0 spiro atoms. The smallest absolute Gasteiger partial charge is 0.222 e. The van der Waals surface area contributed by atoms with Crippen molar-refractivity contribution in [2.45, 2.75) is 39.0 Å². The molecule has 3 nitrogen and oxygen atoms in total. The van der Waals surface area contributed by atoms with E-state index in [-0.39, 0.29) is 11.3 Å². The summed E-state index contributed by atoms with van der Waals surface area (Å²) in [4.78, 5) is 13.4. The fourth-order valence-electron chi connectivity index (χ4n) is 1.89. The fourth-order valence-corrected chi connectivity index (χ4v) is 2.02. The molecule has 0 saturated heterocycles. The van der Waals surface area contributed by atoms with E-state index in [9.17, 15) is 4.79 Å². The summed E-state index contributed by atoms with van der Waals surface area (Å²) in [6, 6.07) is 8.14. The van der Waals surface area contributed by atoms with Crippen molar-refractivity contribution in [3.63, 3.8) is 0 Å². The molecule has 1 aromatic rings. The van der Waals surface area contributed by atoms with Crippen molar-refractivity contribution in [1.82, 2.24) is 4.90 Å². The van der Waals surface area contributed by atoms with Crippen LogP contribution in [0.25, 0.3) is 0 Å². The van der Waals surface area contributed by atoms with E-state index in [4.69, 9.17) is 16.3 Å². The number of hydrogen-bond donors (Lipinski definition) is 0. The van der Waals surface area contributed by atoms with Crippen LogP contribution < -0.4 is 4.74 Å². The minimum Gasteiger partial charge on any atom is -0.492 e. The Bertz CT molecular complexity index is 437. The number of nitrogens with zero attached hydrogens (tertiary/aromatic N) is 1. The van der Waals surface area contributed by atoms with Crippen LogP contribution in [0.15, 0.2) is 24.3 Å². The molecule has 0 fully saturated rings. The van der Waals surface area contributed by atoms with Crippen LogP contribution >= 0.6 is 11.6 Å². The number of carbonyl (C=O) groups excluding carboxylic acids is 1. The predicted molar refractivity (Wildman–Crippen MR) is 88.2 cm³/mol. The van der Waals surface area contributed by atoms with Crippen LogP contribution in [0.3, 0.4) is 0 Å². The highest BCUT2D eigenvalue weighted by Crippen LogP contribution is 2.24. The Balaban J connectivity index is 2.37. The molecule has 1 aromatic carbocycles. The summed E-state index contributed by atoms with van der Waals surface area (Å²) in [7, 11) is 1.79. The second-order valence-electron chi connectivity index (χ2n) is 6.23. The number of likely N-dealkylation sites (N-methyl/N-ethyl adjacent to an activating group) is 1. The third kappa shape index (κ3) is 6.38. The molecule has 0 unspecified atom stereocenters. The third-order valence-corrected chi connectivity index (χ3v) is 3.63. The first-order chi connectivity index (χ1) is 9.84. The van der Waals surface area contributed by atoms with Crippen LogP contribution in [0.4, 0.5) is 0 Å². The van der Waals surface area contributed by atoms with Crippen LogP contribution in [-0.2, 0) is 10.2 Å². The summed E-state index contributed by atoms with van der Waals surface area (Å²) in [6.07, 6.45) is 1.22. The Morgan fingerprint density at radius 2 is 1.86 bits per heavy atom. The minimum absolute atomic E-state index is 0.113. The van der Waals surface area contributed by atoms with Crippen LogP contribution in [0, 0.1) is 0 Å². The maximum atomic E-state index is 11.7. The van der Waals surface area contributed by atoms with Gasteiger partial charge in [-0.25, -0.2) is 0 Å². The molecule has 1 amide bonds. The Morgan fingerprint density at radius 3 is 2.38 bits per heavy atom. The van der Waals surface area contributed by atoms with Gasteiger partial charge in [-0.3, -0.25) is 4.79 Å². The maximum Gasteiger partial charge on any atom is 0.222 e. The molecule has 1 rings (SSSR count). The number of rotatable bonds is 7. The molecular weight excluding hydrogens is 286 g/mol. The van der Waals surface area contributed by atoms with Gasteiger partial charge < -0.3 is 9.64 Å². The van der Waals surface area contributed by atoms with E-state index in [2.05, 4.69) is 32.9 Å². The lowest BCUT2D eigenvalue weighted by molar-refractivity contribution is -0.130. The van der Waals surface area contributed by atoms with Gasteiger partial charge in [0.1, 0.15) is 12.4 Å². The van der Waals surface area contributed by atoms with Crippen molar-refractivity contribution in [3.8, 4) is 5.75 Å². The largest absolute Gasteiger partial charge is 0.492 e. The number of ether oxygens (including phenoxy) is 1. The van der Waals surface area contributed by atoms with Gasteiger partial charge in [0.25, 0.3) is 0 Å². The first kappa shape index (κ1) is 17.8. The second kappa shape index (κ2) is 8.28. The van der Waals surface area contributed by atoms with Crippen molar-refractivity contribution in [2.24, 2.45) is 0 Å². The van der Waals surface area contributed by atoms with Gasteiger partial charge in [-0.15, -0.1) is 11.6 Å². The summed E-state index contributed by atoms with van der Waals surface area (Å²) in [6.45, 7) is 7.64. The number of halogens is 1. The zero-order valence-corrected chi connectivity index (χ0v) is 14.2. The zero-order valence-electron chi connectivity index (χ0n) is 13.5. The first-order valence-corrected chi connectivity index (χ1v) is 7.91. The van der Waals surface area contributed by atoms with E-state index >= 15 is 0 Å². The fraction of sp³-hybridized carbons (Fsp3) is 0.588. The number of benzene rings is 1. The third-order valence-electron chi connectivity index (χ3n) is 3.37. The first-order valence-electron chi connectivity index (χ1n) is 7.38. The Labute approximate surface area is 133 Å². The number of hydrogen-bond acceptors (Lipinski definition) is 2. The van der Waals surface area contributed by atoms with Crippen molar-refractivity contribution in [1.29, 1.82) is 0 Å². The molecule has 0 saturated carbocycles. The summed E-state index contributed by atoms with van der Waals surface area (Å²) < 4.78 is 5.68. The van der Waals surface area contributed by atoms with E-state index in [0.717, 1.165) is 12.2 Å². The van der Waals surface area contributed by atoms with Gasteiger partial charge in [0.2, 0.25) is 5.91 Å². The molecule has 0 heterocycles. The summed E-state index contributed by atoms with van der Waals surface area (Å²) in [5, 5.41) is 0. The van der Waals surface area contributed by atoms with E-state index in [1.165, 1.54) is 5.56 Å². The zero-order chi connectivity index (χ0) is 15.9. The lowest BCUT2D eigenvalue weighted by Crippen LogP contribution is -2.30. The Hall–Kier alpha value is -1.22. The van der Waals surface area contributed by atoms with Crippen LogP contribution in [0.1, 0.15) is 39.2 Å². The molecule has 118 valence electrons. The number of carbonyl (C=O) groups is 1. The molecule has 0 aliphatic heterocycles. The molecule has 0 aromatic heterocycles. The second-order valence-corrected chi connectivity index (χ2v) is 6.61. The standard InChI is InChI=1S/C17H26ClNO2/c1-17(2,3)14-7-9-15(10-8-14)21-13-12-19(4)16(20)6-5-11-18/h7-10H,5-6,11-13H2,1-4H3. The van der Waals surface area contributed by atoms with Crippen LogP contribution in [0.2, 0.25) is 0 Å². The summed E-state index contributed by atoms with van der Waals surface area (Å²) in [5.74, 6) is 1.47. The molecule has 0 aliphatic rings. The van der Waals surface area contributed by atoms with Gasteiger partial charge in [0, 0.05) is 19.3 Å². The molecule has 0 N–H and O–H groups in total. The topological polar surface area (TPSA) is 29.5 Å². The average Bonchev–Trinajstić information content (AvgIpc) is 2.44. The monoisotopic (exact) mass is 311 g/mol. The molecule has 21 heavy (non-hydrogen) atoms. The van der Waals surface area contributed by atoms with Gasteiger partial charge in [-0.1, -0.05) is 32.9 Å². The number of alkyl halides is 1. The highest BCUT2D eigenvalue weighted by Gasteiger charge is 2.13. The quantitative estimate of drug-likeness (QED) is 0.716. The van der Waals surface area contributed by atoms with E-state index in [0.29, 0.717) is 25.5 Å². The normalized spacial score (nSPS) is 11.3. The highest BCUT2D eigenvalue weighted by atomic mass is 35.5. The molecular formula is C17H26ClNO2. The van der Waals surface area contributed by atoms with Gasteiger partial charge in [0.15, 0.2) is 0 Å². The lowest BCUT2D eigenvalue weighted by atomic mass is 9.87. The van der Waals surface area contributed by atoms with Crippen LogP contribution in [0.5, 0.6) is 5.75 Å². The SMILES string of the molecule is CN(CCOc1ccc(C(C)(C)C)cc1)C(=O)CCCCl. The summed E-state index contributed by atoms with van der Waals surface area (Å²) >= 11 is 5.58. The number of amides is 1. The van der Waals surface area contributed by atoms with Gasteiger partial charge in [-0.2, -0.15) is 0 Å². The Morgan fingerprint density at radius 1 is 1.24 bits per heavy atom. The molecule has 0 atom stereocenters. The molecule has 0 bridgehead atoms. The van der Waals surface area contributed by atoms with Gasteiger partial charge in [-0.05, 0) is 29.5 Å². The van der Waals surface area contributed by atoms with E-state index < -0.39 is 0 Å². The maximum absolute atomic E-state index is 11.7. The van der Waals surface area contributed by atoms with E-state index in [1.807, 2.05) is 12.1 Å². The van der Waals surface area contributed by atoms with Crippen molar-refractivity contribution < 1.29 is 9.53 Å². The molecule has 4 heteroatoms. The van der Waals surface area contributed by atoms with Gasteiger partial charge in [0.05, 0.1) is 6.54 Å². The van der Waals surface area contributed by atoms with Crippen LogP contribution in [-0.4, -0.2) is 36.9 Å².